The predicted octanol–water partition coefficient (Wildman–Crippen LogP) is 4.58. The van der Waals surface area contributed by atoms with Gasteiger partial charge < -0.3 is 19.3 Å². The summed E-state index contributed by atoms with van der Waals surface area (Å²) in [6.45, 7) is 6.93. The number of nitrogens with one attached hydrogen (secondary N) is 1. The first-order chi connectivity index (χ1) is 17.7. The zero-order valence-corrected chi connectivity index (χ0v) is 22.4. The number of ether oxygens (including phenoxy) is 2. The fourth-order valence-corrected chi connectivity index (χ4v) is 5.30. The van der Waals surface area contributed by atoms with Crippen molar-refractivity contribution in [2.75, 3.05) is 49.0 Å². The van der Waals surface area contributed by atoms with Gasteiger partial charge in [0, 0.05) is 42.6 Å². The second-order valence-electron chi connectivity index (χ2n) is 8.62. The third-order valence-electron chi connectivity index (χ3n) is 6.06. The fraction of sp³-hybridized carbons (Fsp3) is 0.296. The van der Waals surface area contributed by atoms with Crippen LogP contribution >= 0.6 is 11.6 Å². The molecule has 1 aliphatic rings. The summed E-state index contributed by atoms with van der Waals surface area (Å²) in [7, 11) is -3.77. The largest absolute Gasteiger partial charge is 0.494 e. The summed E-state index contributed by atoms with van der Waals surface area (Å²) in [4.78, 5) is 16.8. The van der Waals surface area contributed by atoms with Gasteiger partial charge in [-0.2, -0.15) is 0 Å². The van der Waals surface area contributed by atoms with Gasteiger partial charge in [-0.25, -0.2) is 8.42 Å². The molecule has 0 saturated carbocycles. The van der Waals surface area contributed by atoms with E-state index in [1.54, 1.807) is 41.3 Å². The van der Waals surface area contributed by atoms with Gasteiger partial charge in [-0.15, -0.1) is 0 Å². The van der Waals surface area contributed by atoms with Crippen LogP contribution in [0, 0.1) is 6.92 Å². The van der Waals surface area contributed by atoms with Crippen LogP contribution in [-0.4, -0.2) is 58.6 Å². The van der Waals surface area contributed by atoms with Gasteiger partial charge in [0.15, 0.2) is 6.61 Å². The molecule has 0 aromatic heterocycles. The second kappa shape index (κ2) is 11.7. The minimum Gasteiger partial charge on any atom is -0.494 e. The van der Waals surface area contributed by atoms with Crippen LogP contribution in [0.2, 0.25) is 5.02 Å². The maximum absolute atomic E-state index is 12.7. The van der Waals surface area contributed by atoms with Crippen LogP contribution in [0.3, 0.4) is 0 Å². The molecule has 37 heavy (non-hydrogen) atoms. The van der Waals surface area contributed by atoms with Crippen molar-refractivity contribution in [1.82, 2.24) is 4.90 Å². The fourth-order valence-electron chi connectivity index (χ4n) is 4.07. The number of benzene rings is 3. The molecule has 0 aliphatic carbocycles. The van der Waals surface area contributed by atoms with Crippen molar-refractivity contribution in [2.24, 2.45) is 0 Å². The standard InChI is InChI=1S/C27H30ClN3O5S/c1-3-35-23-8-6-22(7-9-23)29-37(33,34)25-12-10-24(11-13-25)36-19-27(32)31-16-14-30(15-17-31)26-18-21(28)5-4-20(26)2/h4-13,18,29H,3,14-17,19H2,1-2H3. The topological polar surface area (TPSA) is 88.2 Å². The molecule has 1 N–H and O–H groups in total. The molecule has 1 fully saturated rings. The van der Waals surface area contributed by atoms with E-state index >= 15 is 0 Å². The Bertz CT molecular complexity index is 1320. The summed E-state index contributed by atoms with van der Waals surface area (Å²) in [6, 6.07) is 18.5. The van der Waals surface area contributed by atoms with Gasteiger partial charge in [0.2, 0.25) is 0 Å². The Morgan fingerprint density at radius 1 is 0.919 bits per heavy atom. The predicted molar refractivity (Wildman–Crippen MR) is 145 cm³/mol. The maximum Gasteiger partial charge on any atom is 0.261 e. The lowest BCUT2D eigenvalue weighted by Crippen LogP contribution is -2.50. The summed E-state index contributed by atoms with van der Waals surface area (Å²) in [6.07, 6.45) is 0. The molecular formula is C27H30ClN3O5S. The highest BCUT2D eigenvalue weighted by atomic mass is 35.5. The molecular weight excluding hydrogens is 514 g/mol. The van der Waals surface area contributed by atoms with E-state index in [2.05, 4.69) is 9.62 Å². The minimum atomic E-state index is -3.77. The average Bonchev–Trinajstić information content (AvgIpc) is 2.90. The summed E-state index contributed by atoms with van der Waals surface area (Å²) < 4.78 is 39.0. The van der Waals surface area contributed by atoms with Crippen LogP contribution in [-0.2, 0) is 14.8 Å². The zero-order valence-electron chi connectivity index (χ0n) is 20.8. The zero-order chi connectivity index (χ0) is 26.4. The van der Waals surface area contributed by atoms with E-state index in [1.807, 2.05) is 32.0 Å². The van der Waals surface area contributed by atoms with E-state index < -0.39 is 10.0 Å². The third-order valence-corrected chi connectivity index (χ3v) is 7.69. The molecule has 1 saturated heterocycles. The SMILES string of the molecule is CCOc1ccc(NS(=O)(=O)c2ccc(OCC(=O)N3CCN(c4cc(Cl)ccc4C)CC3)cc2)cc1. The van der Waals surface area contributed by atoms with E-state index in [1.165, 1.54) is 12.1 Å². The Balaban J connectivity index is 1.27. The Morgan fingerprint density at radius 3 is 2.19 bits per heavy atom. The highest BCUT2D eigenvalue weighted by Crippen LogP contribution is 2.26. The van der Waals surface area contributed by atoms with Crippen molar-refractivity contribution in [3.8, 4) is 11.5 Å². The molecule has 196 valence electrons. The van der Waals surface area contributed by atoms with Crippen LogP contribution in [0.4, 0.5) is 11.4 Å². The Morgan fingerprint density at radius 2 is 1.54 bits per heavy atom. The molecule has 1 heterocycles. The molecule has 0 spiro atoms. The number of rotatable bonds is 9. The van der Waals surface area contributed by atoms with Crippen molar-refractivity contribution in [3.63, 3.8) is 0 Å². The van der Waals surface area contributed by atoms with Crippen LogP contribution in [0.1, 0.15) is 12.5 Å². The van der Waals surface area contributed by atoms with Crippen LogP contribution in [0.15, 0.2) is 71.6 Å². The molecule has 0 atom stereocenters. The summed E-state index contributed by atoms with van der Waals surface area (Å²) in [5, 5.41) is 0.693. The van der Waals surface area contributed by atoms with Gasteiger partial charge in [-0.05, 0) is 80.1 Å². The highest BCUT2D eigenvalue weighted by molar-refractivity contribution is 7.92. The molecule has 10 heteroatoms. The van der Waals surface area contributed by atoms with Crippen LogP contribution < -0.4 is 19.1 Å². The van der Waals surface area contributed by atoms with Crippen molar-refractivity contribution < 1.29 is 22.7 Å². The van der Waals surface area contributed by atoms with E-state index in [4.69, 9.17) is 21.1 Å². The third kappa shape index (κ3) is 6.87. The number of aryl methyl sites for hydroxylation is 1. The molecule has 0 bridgehead atoms. The lowest BCUT2D eigenvalue weighted by Gasteiger charge is -2.36. The number of carbonyl (C=O) groups excluding carboxylic acids is 1. The molecule has 1 aliphatic heterocycles. The number of anilines is 2. The van der Waals surface area contributed by atoms with Crippen LogP contribution in [0.5, 0.6) is 11.5 Å². The van der Waals surface area contributed by atoms with Gasteiger partial charge in [-0.1, -0.05) is 17.7 Å². The first-order valence-corrected chi connectivity index (χ1v) is 13.9. The Labute approximate surface area is 222 Å². The normalized spacial score (nSPS) is 13.8. The number of amides is 1. The molecule has 1 amide bonds. The van der Waals surface area contributed by atoms with Gasteiger partial charge in [0.1, 0.15) is 11.5 Å². The number of sulfonamides is 1. The van der Waals surface area contributed by atoms with Gasteiger partial charge >= 0.3 is 0 Å². The van der Waals surface area contributed by atoms with Crippen molar-refractivity contribution in [1.29, 1.82) is 0 Å². The molecule has 8 nitrogen and oxygen atoms in total. The monoisotopic (exact) mass is 543 g/mol. The molecule has 3 aromatic rings. The minimum absolute atomic E-state index is 0.0903. The van der Waals surface area contributed by atoms with E-state index in [-0.39, 0.29) is 17.4 Å². The van der Waals surface area contributed by atoms with E-state index in [9.17, 15) is 13.2 Å². The summed E-state index contributed by atoms with van der Waals surface area (Å²) in [5.74, 6) is 0.970. The van der Waals surface area contributed by atoms with Crippen molar-refractivity contribution in [3.05, 3.63) is 77.3 Å². The second-order valence-corrected chi connectivity index (χ2v) is 10.7. The van der Waals surface area contributed by atoms with Crippen LogP contribution in [0.25, 0.3) is 0 Å². The van der Waals surface area contributed by atoms with Crippen molar-refractivity contribution in [2.45, 2.75) is 18.7 Å². The number of nitrogens with zero attached hydrogens (tertiary/aromatic N) is 2. The number of piperazine rings is 1. The smallest absolute Gasteiger partial charge is 0.261 e. The van der Waals surface area contributed by atoms with Gasteiger partial charge in [0.25, 0.3) is 15.9 Å². The Kier molecular flexibility index (Phi) is 8.45. The lowest BCUT2D eigenvalue weighted by molar-refractivity contribution is -0.133. The van der Waals surface area contributed by atoms with Gasteiger partial charge in [0.05, 0.1) is 11.5 Å². The highest BCUT2D eigenvalue weighted by Gasteiger charge is 2.23. The quantitative estimate of drug-likeness (QED) is 0.425. The van der Waals surface area contributed by atoms with E-state index in [0.29, 0.717) is 55.0 Å². The van der Waals surface area contributed by atoms with Crippen molar-refractivity contribution >= 4 is 38.9 Å². The molecule has 3 aromatic carbocycles. The van der Waals surface area contributed by atoms with E-state index in [0.717, 1.165) is 11.3 Å². The summed E-state index contributed by atoms with van der Waals surface area (Å²) in [5.41, 5.74) is 2.66. The number of hydrogen-bond acceptors (Lipinski definition) is 6. The molecule has 0 unspecified atom stereocenters. The lowest BCUT2D eigenvalue weighted by atomic mass is 10.1. The number of hydrogen-bond donors (Lipinski definition) is 1. The number of carbonyl (C=O) groups is 1. The number of halogens is 1. The first kappa shape index (κ1) is 26.6. The summed E-state index contributed by atoms with van der Waals surface area (Å²) >= 11 is 6.15. The maximum atomic E-state index is 12.7. The van der Waals surface area contributed by atoms with Gasteiger partial charge in [-0.3, -0.25) is 9.52 Å². The molecule has 0 radical (unpaired) electrons. The molecule has 4 rings (SSSR count). The Hall–Kier alpha value is -3.43. The average molecular weight is 544 g/mol. The first-order valence-electron chi connectivity index (χ1n) is 12.0.